The minimum Gasteiger partial charge on any atom is -0.287 e. The van der Waals surface area contributed by atoms with E-state index < -0.39 is 0 Å². The Labute approximate surface area is 86.5 Å². The molecule has 0 aliphatic rings. The fourth-order valence-corrected chi connectivity index (χ4v) is 1.41. The van der Waals surface area contributed by atoms with Crippen molar-refractivity contribution in [3.05, 3.63) is 29.3 Å². The topological polar surface area (TPSA) is 65.6 Å². The van der Waals surface area contributed by atoms with Gasteiger partial charge in [-0.25, -0.2) is 0 Å². The molecule has 6 nitrogen and oxygen atoms in total. The molecule has 0 amide bonds. The number of rotatable bonds is 2. The molecule has 0 aliphatic carbocycles. The maximum absolute atomic E-state index is 11.9. The monoisotopic (exact) mass is 205 g/mol. The van der Waals surface area contributed by atoms with Gasteiger partial charge in [0.2, 0.25) is 5.78 Å². The Bertz CT molecular complexity index is 510. The average molecular weight is 205 g/mol. The first-order valence-corrected chi connectivity index (χ1v) is 4.49. The van der Waals surface area contributed by atoms with Crippen LogP contribution in [0.3, 0.4) is 0 Å². The summed E-state index contributed by atoms with van der Waals surface area (Å²) >= 11 is 0. The average Bonchev–Trinajstić information content (AvgIpc) is 2.71. The van der Waals surface area contributed by atoms with Crippen LogP contribution in [0.5, 0.6) is 0 Å². The third kappa shape index (κ3) is 1.65. The zero-order valence-electron chi connectivity index (χ0n) is 8.80. The minimum absolute atomic E-state index is 0.145. The quantitative estimate of drug-likeness (QED) is 0.651. The van der Waals surface area contributed by atoms with Crippen molar-refractivity contribution in [1.82, 2.24) is 24.8 Å². The first kappa shape index (κ1) is 9.57. The van der Waals surface area contributed by atoms with E-state index in [4.69, 9.17) is 0 Å². The van der Waals surface area contributed by atoms with Crippen LogP contribution < -0.4 is 0 Å². The zero-order valence-corrected chi connectivity index (χ0v) is 8.80. The Kier molecular flexibility index (Phi) is 2.11. The van der Waals surface area contributed by atoms with Crippen LogP contribution >= 0.6 is 0 Å². The van der Waals surface area contributed by atoms with Gasteiger partial charge in [0.1, 0.15) is 0 Å². The molecular formula is C9H11N5O. The second-order valence-electron chi connectivity index (χ2n) is 3.35. The molecule has 0 N–H and O–H groups in total. The van der Waals surface area contributed by atoms with Crippen LogP contribution in [0.4, 0.5) is 0 Å². The maximum Gasteiger partial charge on any atom is 0.218 e. The van der Waals surface area contributed by atoms with Crippen molar-refractivity contribution >= 4 is 5.78 Å². The molecule has 0 bridgehead atoms. The first-order valence-electron chi connectivity index (χ1n) is 4.49. The predicted molar refractivity (Wildman–Crippen MR) is 52.4 cm³/mol. The summed E-state index contributed by atoms with van der Waals surface area (Å²) in [7, 11) is 3.45. The van der Waals surface area contributed by atoms with Crippen molar-refractivity contribution in [3.8, 4) is 0 Å². The van der Waals surface area contributed by atoms with Crippen molar-refractivity contribution in [1.29, 1.82) is 0 Å². The van der Waals surface area contributed by atoms with E-state index in [2.05, 4.69) is 15.3 Å². The fourth-order valence-electron chi connectivity index (χ4n) is 1.41. The Morgan fingerprint density at radius 1 is 1.33 bits per heavy atom. The third-order valence-electron chi connectivity index (χ3n) is 2.09. The molecule has 0 saturated heterocycles. The highest BCUT2D eigenvalue weighted by Gasteiger charge is 2.17. The van der Waals surface area contributed by atoms with Crippen molar-refractivity contribution < 1.29 is 4.79 Å². The molecule has 0 radical (unpaired) electrons. The second kappa shape index (κ2) is 3.30. The molecule has 0 atom stereocenters. The van der Waals surface area contributed by atoms with Gasteiger partial charge in [-0.15, -0.1) is 0 Å². The smallest absolute Gasteiger partial charge is 0.218 e. The summed E-state index contributed by atoms with van der Waals surface area (Å²) in [5.74, 6) is -0.145. The molecule has 2 rings (SSSR count). The Hall–Kier alpha value is -1.98. The third-order valence-corrected chi connectivity index (χ3v) is 2.09. The molecular weight excluding hydrogens is 194 g/mol. The largest absolute Gasteiger partial charge is 0.287 e. The lowest BCUT2D eigenvalue weighted by molar-refractivity contribution is 0.103. The maximum atomic E-state index is 11.9. The van der Waals surface area contributed by atoms with Gasteiger partial charge in [-0.05, 0) is 6.92 Å². The fraction of sp³-hybridized carbons (Fsp3) is 0.333. The Morgan fingerprint density at radius 2 is 2.07 bits per heavy atom. The lowest BCUT2D eigenvalue weighted by Gasteiger charge is -1.92. The Morgan fingerprint density at radius 3 is 2.53 bits per heavy atom. The van der Waals surface area contributed by atoms with Crippen LogP contribution in [0.1, 0.15) is 21.7 Å². The molecule has 15 heavy (non-hydrogen) atoms. The standard InChI is InChI=1S/C9H11N5O/c1-6-7(5-13(2)11-6)9(15)8-4-10-14(3)12-8/h4-5H,1-3H3. The molecule has 6 heteroatoms. The van der Waals surface area contributed by atoms with Crippen LogP contribution in [-0.2, 0) is 14.1 Å². The summed E-state index contributed by atoms with van der Waals surface area (Å²) in [4.78, 5) is 13.3. The summed E-state index contributed by atoms with van der Waals surface area (Å²) in [5, 5.41) is 11.9. The van der Waals surface area contributed by atoms with Gasteiger partial charge in [0.15, 0.2) is 5.69 Å². The molecule has 0 unspecified atom stereocenters. The number of hydrogen-bond donors (Lipinski definition) is 0. The molecule has 2 heterocycles. The number of ketones is 1. The van der Waals surface area contributed by atoms with E-state index in [0.29, 0.717) is 17.0 Å². The van der Waals surface area contributed by atoms with Gasteiger partial charge in [0, 0.05) is 20.3 Å². The summed E-state index contributed by atoms with van der Waals surface area (Å²) < 4.78 is 1.61. The van der Waals surface area contributed by atoms with Crippen molar-refractivity contribution in [2.75, 3.05) is 0 Å². The highest BCUT2D eigenvalue weighted by molar-refractivity contribution is 6.08. The molecule has 0 saturated carbocycles. The van der Waals surface area contributed by atoms with E-state index in [-0.39, 0.29) is 5.78 Å². The van der Waals surface area contributed by atoms with Gasteiger partial charge >= 0.3 is 0 Å². The van der Waals surface area contributed by atoms with Crippen molar-refractivity contribution in [2.45, 2.75) is 6.92 Å². The lowest BCUT2D eigenvalue weighted by Crippen LogP contribution is -2.04. The zero-order chi connectivity index (χ0) is 11.0. The van der Waals surface area contributed by atoms with Gasteiger partial charge in [-0.3, -0.25) is 9.48 Å². The van der Waals surface area contributed by atoms with E-state index in [1.54, 1.807) is 31.9 Å². The van der Waals surface area contributed by atoms with E-state index in [1.165, 1.54) is 11.0 Å². The van der Waals surface area contributed by atoms with Gasteiger partial charge in [-0.2, -0.15) is 20.1 Å². The SMILES string of the molecule is Cc1nn(C)cc1C(=O)c1cnn(C)n1. The van der Waals surface area contributed by atoms with Crippen molar-refractivity contribution in [2.24, 2.45) is 14.1 Å². The number of hydrogen-bond acceptors (Lipinski definition) is 4. The van der Waals surface area contributed by atoms with Crippen LogP contribution in [0.2, 0.25) is 0 Å². The van der Waals surface area contributed by atoms with Gasteiger partial charge in [-0.1, -0.05) is 0 Å². The summed E-state index contributed by atoms with van der Waals surface area (Å²) in [6.45, 7) is 1.80. The predicted octanol–water partition coefficient (Wildman–Crippen LogP) is 0.0880. The molecule has 0 aromatic carbocycles. The number of carbonyl (C=O) groups excluding carboxylic acids is 1. The van der Waals surface area contributed by atoms with E-state index in [1.807, 2.05) is 0 Å². The van der Waals surface area contributed by atoms with Crippen LogP contribution in [0.15, 0.2) is 12.4 Å². The molecule has 0 aliphatic heterocycles. The van der Waals surface area contributed by atoms with Gasteiger partial charge in [0.25, 0.3) is 0 Å². The van der Waals surface area contributed by atoms with Crippen LogP contribution in [0, 0.1) is 6.92 Å². The van der Waals surface area contributed by atoms with Crippen LogP contribution in [0.25, 0.3) is 0 Å². The van der Waals surface area contributed by atoms with Gasteiger partial charge < -0.3 is 0 Å². The van der Waals surface area contributed by atoms with E-state index in [0.717, 1.165) is 0 Å². The van der Waals surface area contributed by atoms with Crippen LogP contribution in [-0.4, -0.2) is 30.6 Å². The lowest BCUT2D eigenvalue weighted by atomic mass is 10.1. The Balaban J connectivity index is 2.40. The second-order valence-corrected chi connectivity index (χ2v) is 3.35. The van der Waals surface area contributed by atoms with E-state index >= 15 is 0 Å². The van der Waals surface area contributed by atoms with Gasteiger partial charge in [0.05, 0.1) is 17.5 Å². The normalized spacial score (nSPS) is 10.6. The number of aryl methyl sites for hydroxylation is 3. The van der Waals surface area contributed by atoms with E-state index in [9.17, 15) is 4.79 Å². The molecule has 0 fully saturated rings. The first-order chi connectivity index (χ1) is 7.08. The summed E-state index contributed by atoms with van der Waals surface area (Å²) in [6, 6.07) is 0. The molecule has 0 spiro atoms. The summed E-state index contributed by atoms with van der Waals surface area (Å²) in [5.41, 5.74) is 1.61. The number of carbonyl (C=O) groups is 1. The molecule has 78 valence electrons. The van der Waals surface area contributed by atoms with Crippen molar-refractivity contribution in [3.63, 3.8) is 0 Å². The molecule has 2 aromatic heterocycles. The number of aromatic nitrogens is 5. The molecule has 2 aromatic rings. The highest BCUT2D eigenvalue weighted by atomic mass is 16.1. The minimum atomic E-state index is -0.145. The number of nitrogens with zero attached hydrogens (tertiary/aromatic N) is 5. The highest BCUT2D eigenvalue weighted by Crippen LogP contribution is 2.09. The summed E-state index contributed by atoms with van der Waals surface area (Å²) in [6.07, 6.45) is 3.14.